The van der Waals surface area contributed by atoms with E-state index in [0.29, 0.717) is 17.2 Å². The fourth-order valence-electron chi connectivity index (χ4n) is 3.16. The lowest BCUT2D eigenvalue weighted by atomic mass is 9.94. The molecule has 1 aliphatic heterocycles. The highest BCUT2D eigenvalue weighted by Gasteiger charge is 2.28. The van der Waals surface area contributed by atoms with Crippen molar-refractivity contribution in [2.75, 3.05) is 13.1 Å². The number of amides is 2. The molecule has 0 saturated carbocycles. The first kappa shape index (κ1) is 21.4. The predicted octanol–water partition coefficient (Wildman–Crippen LogP) is 2.63. The number of carbonyl (C=O) groups is 2. The number of carbonyl (C=O) groups excluding carboxylic acids is 2. The minimum absolute atomic E-state index is 0. The van der Waals surface area contributed by atoms with Crippen LogP contribution in [0, 0.1) is 5.92 Å². The van der Waals surface area contributed by atoms with Gasteiger partial charge in [0.25, 0.3) is 5.91 Å². The molecule has 1 aromatic heterocycles. The molecule has 3 atom stereocenters. The molecule has 27 heavy (non-hydrogen) atoms. The molecule has 1 fully saturated rings. The summed E-state index contributed by atoms with van der Waals surface area (Å²) in [4.78, 5) is 26.0. The van der Waals surface area contributed by atoms with Crippen molar-refractivity contribution in [1.29, 1.82) is 0 Å². The Morgan fingerprint density at radius 2 is 2.00 bits per heavy atom. The van der Waals surface area contributed by atoms with Crippen molar-refractivity contribution in [1.82, 2.24) is 16.0 Å². The van der Waals surface area contributed by atoms with E-state index >= 15 is 0 Å². The van der Waals surface area contributed by atoms with Crippen molar-refractivity contribution in [2.45, 2.75) is 31.8 Å². The molecule has 7 heteroatoms. The maximum absolute atomic E-state index is 12.9. The molecule has 3 unspecified atom stereocenters. The number of nitrogens with one attached hydrogen (secondary N) is 3. The van der Waals surface area contributed by atoms with E-state index in [4.69, 9.17) is 0 Å². The number of thiophene rings is 1. The largest absolute Gasteiger partial charge is 0.350 e. The highest BCUT2D eigenvalue weighted by atomic mass is 35.5. The van der Waals surface area contributed by atoms with Gasteiger partial charge in [-0.3, -0.25) is 9.59 Å². The molecule has 0 radical (unpaired) electrons. The van der Waals surface area contributed by atoms with Crippen LogP contribution in [-0.4, -0.2) is 37.0 Å². The maximum atomic E-state index is 12.9. The average molecular weight is 408 g/mol. The van der Waals surface area contributed by atoms with Crippen molar-refractivity contribution in [3.8, 4) is 0 Å². The summed E-state index contributed by atoms with van der Waals surface area (Å²) in [6.45, 7) is 3.90. The van der Waals surface area contributed by atoms with Gasteiger partial charge in [0.2, 0.25) is 5.91 Å². The van der Waals surface area contributed by atoms with Gasteiger partial charge in [-0.15, -0.1) is 23.7 Å². The van der Waals surface area contributed by atoms with E-state index < -0.39 is 6.04 Å². The molecule has 3 rings (SSSR count). The van der Waals surface area contributed by atoms with Gasteiger partial charge in [0.15, 0.2) is 0 Å². The summed E-state index contributed by atoms with van der Waals surface area (Å²) in [6, 6.07) is 12.9. The van der Waals surface area contributed by atoms with E-state index in [1.807, 2.05) is 41.8 Å². The second-order valence-electron chi connectivity index (χ2n) is 6.78. The summed E-state index contributed by atoms with van der Waals surface area (Å²) >= 11 is 1.37. The molecule has 2 amide bonds. The summed E-state index contributed by atoms with van der Waals surface area (Å²) < 4.78 is 0. The van der Waals surface area contributed by atoms with Crippen LogP contribution in [0.1, 0.15) is 28.6 Å². The average Bonchev–Trinajstić information content (AvgIpc) is 3.19. The summed E-state index contributed by atoms with van der Waals surface area (Å²) in [5, 5.41) is 11.2. The van der Waals surface area contributed by atoms with Crippen LogP contribution >= 0.6 is 23.7 Å². The third-order valence-electron chi connectivity index (χ3n) is 4.80. The number of rotatable bonds is 6. The third-order valence-corrected chi connectivity index (χ3v) is 5.67. The lowest BCUT2D eigenvalue weighted by Crippen LogP contribution is -2.56. The Morgan fingerprint density at radius 3 is 2.67 bits per heavy atom. The highest BCUT2D eigenvalue weighted by Crippen LogP contribution is 2.13. The van der Waals surface area contributed by atoms with Crippen molar-refractivity contribution in [3.63, 3.8) is 0 Å². The van der Waals surface area contributed by atoms with E-state index in [1.54, 1.807) is 6.07 Å². The minimum atomic E-state index is -0.596. The van der Waals surface area contributed by atoms with E-state index in [-0.39, 0.29) is 30.3 Å². The fraction of sp³-hybridized carbons (Fsp3) is 0.400. The van der Waals surface area contributed by atoms with Gasteiger partial charge in [0.1, 0.15) is 6.04 Å². The van der Waals surface area contributed by atoms with Gasteiger partial charge in [-0.25, -0.2) is 0 Å². The highest BCUT2D eigenvalue weighted by molar-refractivity contribution is 7.12. The van der Waals surface area contributed by atoms with Gasteiger partial charge in [-0.05, 0) is 35.9 Å². The van der Waals surface area contributed by atoms with Crippen LogP contribution in [0.5, 0.6) is 0 Å². The first-order chi connectivity index (χ1) is 12.6. The summed E-state index contributed by atoms with van der Waals surface area (Å²) in [5.74, 6) is 0.0933. The fourth-order valence-corrected chi connectivity index (χ4v) is 3.79. The van der Waals surface area contributed by atoms with Gasteiger partial charge in [0, 0.05) is 19.0 Å². The molecule has 0 aliphatic carbocycles. The second-order valence-corrected chi connectivity index (χ2v) is 7.73. The Morgan fingerprint density at radius 1 is 1.22 bits per heavy atom. The van der Waals surface area contributed by atoms with Gasteiger partial charge in [-0.2, -0.15) is 0 Å². The molecule has 5 nitrogen and oxygen atoms in total. The van der Waals surface area contributed by atoms with Crippen LogP contribution in [0.4, 0.5) is 0 Å². The zero-order valence-corrected chi connectivity index (χ0v) is 16.9. The Bertz CT molecular complexity index is 724. The first-order valence-corrected chi connectivity index (χ1v) is 9.91. The Kier molecular flexibility index (Phi) is 8.28. The molecule has 0 spiro atoms. The van der Waals surface area contributed by atoms with E-state index in [1.165, 1.54) is 11.3 Å². The maximum Gasteiger partial charge on any atom is 0.262 e. The summed E-state index contributed by atoms with van der Waals surface area (Å²) in [6.07, 6.45) is 1.51. The zero-order chi connectivity index (χ0) is 18.4. The van der Waals surface area contributed by atoms with Crippen LogP contribution in [0.3, 0.4) is 0 Å². The van der Waals surface area contributed by atoms with E-state index in [2.05, 4.69) is 22.9 Å². The number of hydrogen-bond donors (Lipinski definition) is 3. The SMILES string of the molecule is CC1CCNCC1NC(=O)C(Cc1ccccc1)NC(=O)c1cccs1.Cl. The molecular weight excluding hydrogens is 382 g/mol. The van der Waals surface area contributed by atoms with E-state index in [0.717, 1.165) is 25.1 Å². The lowest BCUT2D eigenvalue weighted by Gasteiger charge is -2.31. The third kappa shape index (κ3) is 6.06. The molecule has 3 N–H and O–H groups in total. The van der Waals surface area contributed by atoms with Crippen LogP contribution < -0.4 is 16.0 Å². The van der Waals surface area contributed by atoms with Crippen molar-refractivity contribution in [3.05, 3.63) is 58.3 Å². The van der Waals surface area contributed by atoms with Gasteiger partial charge in [-0.1, -0.05) is 43.3 Å². The standard InChI is InChI=1S/C20H25N3O2S.ClH/c1-14-9-10-21-13-17(14)23-19(24)16(12-15-6-3-2-4-7-15)22-20(25)18-8-5-11-26-18;/h2-8,11,14,16-17,21H,9-10,12-13H2,1H3,(H,22,25)(H,23,24);1H. The smallest absolute Gasteiger partial charge is 0.262 e. The van der Waals surface area contributed by atoms with Crippen molar-refractivity contribution < 1.29 is 9.59 Å². The van der Waals surface area contributed by atoms with Crippen molar-refractivity contribution in [2.24, 2.45) is 5.92 Å². The molecule has 1 aliphatic rings. The number of hydrogen-bond acceptors (Lipinski definition) is 4. The molecule has 1 aromatic carbocycles. The van der Waals surface area contributed by atoms with Crippen molar-refractivity contribution >= 4 is 35.6 Å². The van der Waals surface area contributed by atoms with Gasteiger partial charge < -0.3 is 16.0 Å². The van der Waals surface area contributed by atoms with Gasteiger partial charge >= 0.3 is 0 Å². The molecular formula is C20H26ClN3O2S. The molecule has 1 saturated heterocycles. The van der Waals surface area contributed by atoms with E-state index in [9.17, 15) is 9.59 Å². The number of halogens is 1. The molecule has 0 bridgehead atoms. The number of benzene rings is 1. The predicted molar refractivity (Wildman–Crippen MR) is 112 cm³/mol. The molecule has 2 heterocycles. The van der Waals surface area contributed by atoms with Crippen LogP contribution in [-0.2, 0) is 11.2 Å². The molecule has 2 aromatic rings. The van der Waals surface area contributed by atoms with Crippen LogP contribution in [0.25, 0.3) is 0 Å². The Labute approximate surface area is 170 Å². The molecule has 146 valence electrons. The Hall–Kier alpha value is -1.89. The van der Waals surface area contributed by atoms with Gasteiger partial charge in [0.05, 0.1) is 4.88 Å². The zero-order valence-electron chi connectivity index (χ0n) is 15.3. The monoisotopic (exact) mass is 407 g/mol. The first-order valence-electron chi connectivity index (χ1n) is 9.03. The topological polar surface area (TPSA) is 70.2 Å². The van der Waals surface area contributed by atoms with Crippen LogP contribution in [0.2, 0.25) is 0 Å². The number of piperidine rings is 1. The normalized spacial score (nSPS) is 20.2. The summed E-state index contributed by atoms with van der Waals surface area (Å²) in [5.41, 5.74) is 1.02. The summed E-state index contributed by atoms with van der Waals surface area (Å²) in [7, 11) is 0. The van der Waals surface area contributed by atoms with Crippen LogP contribution in [0.15, 0.2) is 47.8 Å². The Balaban J connectivity index is 0.00000261. The minimum Gasteiger partial charge on any atom is -0.350 e. The second kappa shape index (κ2) is 10.4. The lowest BCUT2D eigenvalue weighted by molar-refractivity contribution is -0.124. The quantitative estimate of drug-likeness (QED) is 0.689.